The molecule has 0 bridgehead atoms. The molecule has 5 heteroatoms. The minimum atomic E-state index is -0.941. The van der Waals surface area contributed by atoms with Crippen LogP contribution in [0.3, 0.4) is 0 Å². The van der Waals surface area contributed by atoms with Gasteiger partial charge >= 0.3 is 5.97 Å². The third kappa shape index (κ3) is 3.67. The zero-order chi connectivity index (χ0) is 18.7. The van der Waals surface area contributed by atoms with Gasteiger partial charge in [0.25, 0.3) is 0 Å². The Morgan fingerprint density at radius 1 is 1.12 bits per heavy atom. The van der Waals surface area contributed by atoms with Gasteiger partial charge in [-0.25, -0.2) is 0 Å². The third-order valence-corrected chi connectivity index (χ3v) is 4.14. The number of aliphatic carboxylic acids is 1. The summed E-state index contributed by atoms with van der Waals surface area (Å²) in [5.41, 5.74) is 2.95. The summed E-state index contributed by atoms with van der Waals surface area (Å²) in [5, 5.41) is 13.6. The number of carboxylic acid groups (broad SMARTS) is 1. The van der Waals surface area contributed by atoms with Crippen molar-refractivity contribution in [3.8, 4) is 11.5 Å². The molecule has 3 aromatic rings. The van der Waals surface area contributed by atoms with E-state index in [9.17, 15) is 4.79 Å². The van der Waals surface area contributed by atoms with Crippen LogP contribution in [-0.4, -0.2) is 22.6 Å². The summed E-state index contributed by atoms with van der Waals surface area (Å²) in [6.07, 6.45) is 0. The minimum absolute atomic E-state index is 0.194. The molecule has 0 aliphatic heterocycles. The van der Waals surface area contributed by atoms with Gasteiger partial charge in [0.2, 0.25) is 0 Å². The van der Waals surface area contributed by atoms with Gasteiger partial charge in [0, 0.05) is 11.1 Å². The fourth-order valence-corrected chi connectivity index (χ4v) is 2.84. The molecule has 0 aliphatic carbocycles. The van der Waals surface area contributed by atoms with Gasteiger partial charge in [-0.3, -0.25) is 9.78 Å². The second kappa shape index (κ2) is 7.27. The van der Waals surface area contributed by atoms with E-state index in [1.54, 1.807) is 0 Å². The van der Waals surface area contributed by atoms with Crippen LogP contribution in [-0.2, 0) is 4.79 Å². The predicted molar refractivity (Wildman–Crippen MR) is 102 cm³/mol. The molecule has 132 valence electrons. The van der Waals surface area contributed by atoms with Crippen molar-refractivity contribution in [3.63, 3.8) is 0 Å². The lowest BCUT2D eigenvalue weighted by atomic mass is 10.0. The van der Waals surface area contributed by atoms with Crippen molar-refractivity contribution in [1.29, 1.82) is 0 Å². The Kier molecular flexibility index (Phi) is 4.89. The maximum Gasteiger partial charge on any atom is 0.322 e. The Labute approximate surface area is 152 Å². The second-order valence-electron chi connectivity index (χ2n) is 6.02. The summed E-state index contributed by atoms with van der Waals surface area (Å²) in [7, 11) is 0. The lowest BCUT2D eigenvalue weighted by Gasteiger charge is -2.15. The zero-order valence-electron chi connectivity index (χ0n) is 14.7. The average molecular weight is 348 g/mol. The standard InChI is InChI=1S/C21H20N2O3/c1-13-18-10-9-17(26-16-7-5-4-6-8-16)11-19(18)14(2)23-21(13)15(3)22-12-20(24)25/h4-11,22H,3,12H2,1-2H3,(H,24,25). The lowest BCUT2D eigenvalue weighted by molar-refractivity contribution is -0.135. The summed E-state index contributed by atoms with van der Waals surface area (Å²) in [6.45, 7) is 7.60. The highest BCUT2D eigenvalue weighted by molar-refractivity contribution is 5.91. The van der Waals surface area contributed by atoms with Crippen molar-refractivity contribution in [2.24, 2.45) is 0 Å². The highest BCUT2D eigenvalue weighted by Crippen LogP contribution is 2.30. The van der Waals surface area contributed by atoms with E-state index in [-0.39, 0.29) is 6.54 Å². The number of rotatable bonds is 6. The van der Waals surface area contributed by atoms with E-state index >= 15 is 0 Å². The van der Waals surface area contributed by atoms with Crippen molar-refractivity contribution in [2.45, 2.75) is 13.8 Å². The van der Waals surface area contributed by atoms with Gasteiger partial charge in [0.1, 0.15) is 18.0 Å². The molecule has 0 aliphatic rings. The monoisotopic (exact) mass is 348 g/mol. The molecule has 2 N–H and O–H groups in total. The average Bonchev–Trinajstić information content (AvgIpc) is 2.63. The molecule has 0 saturated heterocycles. The molecule has 0 saturated carbocycles. The molecule has 0 atom stereocenters. The summed E-state index contributed by atoms with van der Waals surface area (Å²) in [5.74, 6) is 0.574. The molecule has 26 heavy (non-hydrogen) atoms. The number of nitrogens with zero attached hydrogens (tertiary/aromatic N) is 1. The smallest absolute Gasteiger partial charge is 0.322 e. The van der Waals surface area contributed by atoms with Gasteiger partial charge in [-0.2, -0.15) is 0 Å². The van der Waals surface area contributed by atoms with E-state index in [2.05, 4.69) is 16.9 Å². The molecule has 1 heterocycles. The molecular formula is C21H20N2O3. The number of carbonyl (C=O) groups is 1. The van der Waals surface area contributed by atoms with Crippen LogP contribution in [0.25, 0.3) is 16.5 Å². The first-order valence-electron chi connectivity index (χ1n) is 8.24. The van der Waals surface area contributed by atoms with E-state index in [1.807, 2.05) is 62.4 Å². The molecule has 0 radical (unpaired) electrons. The van der Waals surface area contributed by atoms with Gasteiger partial charge in [0.05, 0.1) is 11.4 Å². The summed E-state index contributed by atoms with van der Waals surface area (Å²) < 4.78 is 5.90. The van der Waals surface area contributed by atoms with E-state index in [0.29, 0.717) is 11.4 Å². The van der Waals surface area contributed by atoms with Gasteiger partial charge < -0.3 is 15.2 Å². The van der Waals surface area contributed by atoms with Crippen LogP contribution in [0.15, 0.2) is 55.1 Å². The highest BCUT2D eigenvalue weighted by Gasteiger charge is 2.13. The molecule has 0 amide bonds. The molecule has 3 rings (SSSR count). The van der Waals surface area contributed by atoms with Crippen molar-refractivity contribution < 1.29 is 14.6 Å². The second-order valence-corrected chi connectivity index (χ2v) is 6.02. The Balaban J connectivity index is 1.96. The van der Waals surface area contributed by atoms with E-state index in [0.717, 1.165) is 33.5 Å². The number of pyridine rings is 1. The molecule has 5 nitrogen and oxygen atoms in total. The maximum absolute atomic E-state index is 10.7. The number of hydrogen-bond acceptors (Lipinski definition) is 4. The highest BCUT2D eigenvalue weighted by atomic mass is 16.5. The van der Waals surface area contributed by atoms with E-state index < -0.39 is 5.97 Å². The van der Waals surface area contributed by atoms with Gasteiger partial charge in [-0.1, -0.05) is 30.8 Å². The van der Waals surface area contributed by atoms with E-state index in [4.69, 9.17) is 9.84 Å². The van der Waals surface area contributed by atoms with Crippen LogP contribution in [0, 0.1) is 13.8 Å². The number of nitrogens with one attached hydrogen (secondary N) is 1. The van der Waals surface area contributed by atoms with Gasteiger partial charge in [-0.15, -0.1) is 0 Å². The van der Waals surface area contributed by atoms with Crippen molar-refractivity contribution >= 4 is 22.4 Å². The summed E-state index contributed by atoms with van der Waals surface area (Å²) in [6, 6.07) is 15.5. The van der Waals surface area contributed by atoms with Crippen molar-refractivity contribution in [3.05, 3.63) is 72.1 Å². The Morgan fingerprint density at radius 2 is 1.85 bits per heavy atom. The maximum atomic E-state index is 10.7. The number of fused-ring (bicyclic) bond motifs is 1. The van der Waals surface area contributed by atoms with Crippen LogP contribution in [0.1, 0.15) is 17.0 Å². The topological polar surface area (TPSA) is 71.5 Å². The Hall–Kier alpha value is -3.34. The molecule has 0 unspecified atom stereocenters. The van der Waals surface area contributed by atoms with Crippen molar-refractivity contribution in [2.75, 3.05) is 6.54 Å². The third-order valence-electron chi connectivity index (χ3n) is 4.14. The molecule has 0 spiro atoms. The van der Waals surface area contributed by atoms with Crippen LogP contribution in [0.5, 0.6) is 11.5 Å². The van der Waals surface area contributed by atoms with E-state index in [1.165, 1.54) is 0 Å². The first-order chi connectivity index (χ1) is 12.5. The summed E-state index contributed by atoms with van der Waals surface area (Å²) in [4.78, 5) is 15.4. The normalized spacial score (nSPS) is 10.5. The van der Waals surface area contributed by atoms with Crippen LogP contribution in [0.4, 0.5) is 0 Å². The minimum Gasteiger partial charge on any atom is -0.480 e. The largest absolute Gasteiger partial charge is 0.480 e. The van der Waals surface area contributed by atoms with Gasteiger partial charge in [-0.05, 0) is 49.1 Å². The van der Waals surface area contributed by atoms with Crippen LogP contribution in [0.2, 0.25) is 0 Å². The van der Waals surface area contributed by atoms with Crippen LogP contribution < -0.4 is 10.1 Å². The molecule has 2 aromatic carbocycles. The quantitative estimate of drug-likeness (QED) is 0.695. The number of carboxylic acids is 1. The fraction of sp³-hybridized carbons (Fsp3) is 0.143. The Bertz CT molecular complexity index is 981. The lowest BCUT2D eigenvalue weighted by Crippen LogP contribution is -2.21. The SMILES string of the molecule is C=C(NCC(=O)O)c1nc(C)c2cc(Oc3ccccc3)ccc2c1C. The van der Waals surface area contributed by atoms with Gasteiger partial charge in [0.15, 0.2) is 0 Å². The number of aryl methyl sites for hydroxylation is 2. The number of benzene rings is 2. The zero-order valence-corrected chi connectivity index (χ0v) is 14.7. The number of hydrogen-bond donors (Lipinski definition) is 2. The number of ether oxygens (including phenoxy) is 1. The number of aromatic nitrogens is 1. The molecule has 1 aromatic heterocycles. The molecular weight excluding hydrogens is 328 g/mol. The first kappa shape index (κ1) is 17.5. The Morgan fingerprint density at radius 3 is 2.54 bits per heavy atom. The molecule has 0 fully saturated rings. The number of para-hydroxylation sites is 1. The fourth-order valence-electron chi connectivity index (χ4n) is 2.84. The van der Waals surface area contributed by atoms with Crippen LogP contribution >= 0.6 is 0 Å². The predicted octanol–water partition coefficient (Wildman–Crippen LogP) is 4.29. The summed E-state index contributed by atoms with van der Waals surface area (Å²) >= 11 is 0. The first-order valence-corrected chi connectivity index (χ1v) is 8.24. The van der Waals surface area contributed by atoms with Crippen molar-refractivity contribution in [1.82, 2.24) is 10.3 Å².